The van der Waals surface area contributed by atoms with Crippen LogP contribution in [-0.4, -0.2) is 114 Å². The number of carboxylic acids is 2. The van der Waals surface area contributed by atoms with Gasteiger partial charge in [-0.3, -0.25) is 43.2 Å². The Balaban J connectivity index is 0.000000295. The molecule has 0 aromatic heterocycles. The number of imide groups is 2. The Hall–Kier alpha value is -11.9. The number of aldehydes is 1. The monoisotopic (exact) mass is 1280 g/mol. The molecule has 5 unspecified atom stereocenters. The zero-order valence-corrected chi connectivity index (χ0v) is 51.3. The Morgan fingerprint density at radius 2 is 1.11 bits per heavy atom. The van der Waals surface area contributed by atoms with E-state index >= 15 is 0 Å². The molecule has 2 saturated heterocycles. The number of aliphatic hydroxyl groups is 1. The number of aliphatic hydroxyl groups excluding tert-OH is 1. The molecule has 0 bridgehead atoms. The number of aliphatic carboxylic acids is 2. The van der Waals surface area contributed by atoms with Gasteiger partial charge in [0.25, 0.3) is 17.7 Å². The first-order valence-electron chi connectivity index (χ1n) is 28.9. The van der Waals surface area contributed by atoms with Crippen molar-refractivity contribution in [1.29, 1.82) is 0 Å². The molecule has 4 aliphatic carbocycles. The van der Waals surface area contributed by atoms with E-state index in [4.69, 9.17) is 20.3 Å². The van der Waals surface area contributed by atoms with E-state index in [9.17, 15) is 63.0 Å². The molecule has 24 nitrogen and oxygen atoms in total. The fourth-order valence-corrected chi connectivity index (χ4v) is 9.86. The number of benzene rings is 4. The molecule has 4 aromatic carbocycles. The summed E-state index contributed by atoms with van der Waals surface area (Å²) < 4.78 is 15.7. The van der Waals surface area contributed by atoms with Crippen molar-refractivity contribution in [2.75, 3.05) is 41.7 Å². The molecule has 94 heavy (non-hydrogen) atoms. The highest BCUT2D eigenvalue weighted by atomic mass is 16.5. The van der Waals surface area contributed by atoms with Crippen LogP contribution in [0.1, 0.15) is 31.2 Å². The van der Waals surface area contributed by atoms with E-state index in [0.717, 1.165) is 52.9 Å². The zero-order valence-electron chi connectivity index (χ0n) is 51.3. The number of hydrogen-bond acceptors (Lipinski definition) is 16. The lowest BCUT2D eigenvalue weighted by Crippen LogP contribution is -2.37. The number of nitrogens with two attached hydrogens (primary N) is 1. The summed E-state index contributed by atoms with van der Waals surface area (Å²) in [5.74, 6) is -11.1. The molecular formula is C70H68N6O18. The summed E-state index contributed by atoms with van der Waals surface area (Å²) in [5, 5.41) is 36.5. The second-order valence-corrected chi connectivity index (χ2v) is 20.8. The van der Waals surface area contributed by atoms with Crippen molar-refractivity contribution in [2.24, 2.45) is 29.4 Å². The number of anilines is 4. The summed E-state index contributed by atoms with van der Waals surface area (Å²) in [6, 6.07) is 25.7. The molecule has 2 heterocycles. The average Bonchev–Trinajstić information content (AvgIpc) is 1.57. The number of amides is 7. The lowest BCUT2D eigenvalue weighted by molar-refractivity contribution is -0.144. The fourth-order valence-electron chi connectivity index (χ4n) is 9.86. The van der Waals surface area contributed by atoms with Crippen molar-refractivity contribution in [1.82, 2.24) is 5.32 Å². The van der Waals surface area contributed by atoms with Crippen molar-refractivity contribution >= 4 is 88.3 Å². The highest BCUT2D eigenvalue weighted by Gasteiger charge is 2.52. The first-order chi connectivity index (χ1) is 44.7. The Morgan fingerprint density at radius 3 is 1.54 bits per heavy atom. The van der Waals surface area contributed by atoms with E-state index in [-0.39, 0.29) is 44.6 Å². The van der Waals surface area contributed by atoms with Crippen LogP contribution < -0.4 is 41.0 Å². The standard InChI is InChI=1S/C40H30N4O11.C18H20N2O6.2C6H8.H2O/c1-41-34(46)28-16-27(20(19-45)15-33(28)40(52)53)35(47)42-21-3-9-25(10-4-21)55-26-13-7-23(8-14-26)44-38(50)31-17-29-30(18-32(31)39(44)51)37(49)43(36(29)48)22-5-11-24(54-2)12-6-22;1-11-3-5-12(6-4-11)20-17(24)13(7-9-15(19)21)14(18(25)26-2)8-10-16(22)23;2*1-2-4-6-5-3-1;/h3-19,28-30,33H,1-2H3,(H,41,46)(H,42,47)(H,52,53);3-10,17,20,24H,1-2H3,(H2,19,21)(H,22,23);2*1-4H,5-6H2;1H2/b;9-7+,10-8+,14-13-;;;. The number of methoxy groups -OCH3 is 2. The number of carboxylic acid groups (broad SMARTS) is 2. The third-order valence-corrected chi connectivity index (χ3v) is 14.6. The summed E-state index contributed by atoms with van der Waals surface area (Å²) >= 11 is 0. The number of allylic oxidation sites excluding steroid dienone is 8. The summed E-state index contributed by atoms with van der Waals surface area (Å²) in [6.07, 6.45) is 29.7. The molecule has 2 fully saturated rings. The van der Waals surface area contributed by atoms with Gasteiger partial charge in [0.05, 0.1) is 54.8 Å². The van der Waals surface area contributed by atoms with Gasteiger partial charge in [-0.25, -0.2) is 19.4 Å². The number of carbonyl (C=O) groups is 11. The van der Waals surface area contributed by atoms with Crippen LogP contribution in [0, 0.1) is 30.6 Å². The highest BCUT2D eigenvalue weighted by Crippen LogP contribution is 2.43. The Morgan fingerprint density at radius 1 is 0.617 bits per heavy atom. The van der Waals surface area contributed by atoms with Crippen LogP contribution in [0.4, 0.5) is 22.7 Å². The Bertz CT molecular complexity index is 3830. The first kappa shape index (κ1) is 71.2. The van der Waals surface area contributed by atoms with E-state index in [1.54, 1.807) is 60.7 Å². The van der Waals surface area contributed by atoms with Crippen LogP contribution in [0.25, 0.3) is 0 Å². The predicted octanol–water partition coefficient (Wildman–Crippen LogP) is 6.94. The van der Waals surface area contributed by atoms with Crippen molar-refractivity contribution in [2.45, 2.75) is 38.8 Å². The maximum atomic E-state index is 13.5. The third kappa shape index (κ3) is 18.2. The van der Waals surface area contributed by atoms with Crippen molar-refractivity contribution in [3.05, 3.63) is 233 Å². The minimum Gasteiger partial charge on any atom is -0.497 e. The van der Waals surface area contributed by atoms with E-state index in [1.165, 1.54) is 76.3 Å². The molecule has 7 amide bonds. The lowest BCUT2D eigenvalue weighted by atomic mass is 9.81. The summed E-state index contributed by atoms with van der Waals surface area (Å²) in [6.45, 7) is 1.90. The number of esters is 1. The van der Waals surface area contributed by atoms with Crippen LogP contribution in [0.5, 0.6) is 17.2 Å². The average molecular weight is 1280 g/mol. The van der Waals surface area contributed by atoms with Gasteiger partial charge in [0.2, 0.25) is 23.6 Å². The maximum Gasteiger partial charge on any atom is 0.338 e. The highest BCUT2D eigenvalue weighted by molar-refractivity contribution is 6.38. The quantitative estimate of drug-likeness (QED) is 0.0132. The van der Waals surface area contributed by atoms with Gasteiger partial charge in [-0.05, 0) is 130 Å². The van der Waals surface area contributed by atoms with Crippen molar-refractivity contribution < 1.29 is 87.7 Å². The van der Waals surface area contributed by atoms with Crippen LogP contribution in [0.2, 0.25) is 0 Å². The molecule has 2 aliphatic heterocycles. The summed E-state index contributed by atoms with van der Waals surface area (Å²) in [7, 11) is 3.93. The van der Waals surface area contributed by atoms with Crippen LogP contribution >= 0.6 is 0 Å². The van der Waals surface area contributed by atoms with Gasteiger partial charge in [-0.1, -0.05) is 90.6 Å². The number of carbonyl (C=O) groups excluding carboxylic acids is 9. The van der Waals surface area contributed by atoms with Gasteiger partial charge in [0, 0.05) is 58.4 Å². The minimum absolute atomic E-state index is 0. The fraction of sp³-hybridized carbons (Fsp3) is 0.186. The molecule has 5 atom stereocenters. The minimum atomic E-state index is -1.44. The number of nitrogens with zero attached hydrogens (tertiary/aromatic N) is 2. The second-order valence-electron chi connectivity index (χ2n) is 20.8. The molecule has 0 spiro atoms. The number of ether oxygens (including phenoxy) is 3. The van der Waals surface area contributed by atoms with Gasteiger partial charge in [0.15, 0.2) is 12.5 Å². The first-order valence-corrected chi connectivity index (χ1v) is 28.9. The SMILES string of the molecule is C1=CCCC=C1.C1=CCCC=C1.CNC(=O)C1C=C(C(=O)Nc2ccc(Oc3ccc(N4C(=O)C5=CC6C(=O)N(c7ccc(OC)cc7)C(=O)C6C=C5C4=O)cc3)cc2)C(C=O)=CC1C(=O)O.COC(=O)C(/C=C/C(=O)O)=C(/C=C/C(N)=O)C(O)Nc1ccc(C)cc1.O. The molecule has 0 radical (unpaired) electrons. The molecule has 24 heteroatoms. The molecule has 10 rings (SSSR count). The maximum absolute atomic E-state index is 13.5. The van der Waals surface area contributed by atoms with Crippen LogP contribution in [0.15, 0.2) is 228 Å². The largest absolute Gasteiger partial charge is 0.497 e. The molecule has 6 aliphatic rings. The smallest absolute Gasteiger partial charge is 0.338 e. The van der Waals surface area contributed by atoms with E-state index in [2.05, 4.69) is 69.3 Å². The Labute approximate surface area is 539 Å². The molecular weight excluding hydrogens is 1210 g/mol. The number of primary amides is 1. The van der Waals surface area contributed by atoms with Gasteiger partial charge in [0.1, 0.15) is 17.2 Å². The number of hydrogen-bond donors (Lipinski definition) is 7. The van der Waals surface area contributed by atoms with E-state index < -0.39 is 89.2 Å². The summed E-state index contributed by atoms with van der Waals surface area (Å²) in [4.78, 5) is 138. The number of aryl methyl sites for hydroxylation is 1. The lowest BCUT2D eigenvalue weighted by Gasteiger charge is -2.23. The predicted molar refractivity (Wildman–Crippen MR) is 347 cm³/mol. The number of nitrogens with one attached hydrogen (secondary N) is 3. The second kappa shape index (κ2) is 33.8. The zero-order chi connectivity index (χ0) is 67.3. The van der Waals surface area contributed by atoms with Crippen molar-refractivity contribution in [3.63, 3.8) is 0 Å². The topological polar surface area (TPSA) is 376 Å². The van der Waals surface area contributed by atoms with Gasteiger partial charge >= 0.3 is 17.9 Å². The normalized spacial score (nSPS) is 18.6. The molecule has 10 N–H and O–H groups in total. The number of fused-ring (bicyclic) bond motifs is 2. The molecule has 486 valence electrons. The van der Waals surface area contributed by atoms with Crippen LogP contribution in [0.3, 0.4) is 0 Å². The Kier molecular flexibility index (Phi) is 25.6. The number of rotatable bonds is 18. The van der Waals surface area contributed by atoms with Crippen LogP contribution in [-0.2, 0) is 57.5 Å². The molecule has 0 saturated carbocycles. The van der Waals surface area contributed by atoms with E-state index in [1.807, 2.05) is 19.1 Å². The van der Waals surface area contributed by atoms with Gasteiger partial charge in [-0.15, -0.1) is 0 Å². The van der Waals surface area contributed by atoms with Crippen molar-refractivity contribution in [3.8, 4) is 17.2 Å². The van der Waals surface area contributed by atoms with Gasteiger partial charge < -0.3 is 56.7 Å². The van der Waals surface area contributed by atoms with E-state index in [0.29, 0.717) is 46.7 Å². The molecule has 4 aromatic rings. The van der Waals surface area contributed by atoms with Gasteiger partial charge in [-0.2, -0.15) is 0 Å². The third-order valence-electron chi connectivity index (χ3n) is 14.6. The summed E-state index contributed by atoms with van der Waals surface area (Å²) in [5.41, 5.74) is 6.96.